The van der Waals surface area contributed by atoms with Gasteiger partial charge in [-0.3, -0.25) is 0 Å². The molecule has 1 aromatic carbocycles. The standard InChI is InChI=1S/C12H17BrSi/c1-14(2,11-7-6-10-13)12-8-4-3-5-9-12/h3-5,7-9,11H,6,10H2,1-2H3/b11-7+. The van der Waals surface area contributed by atoms with Crippen LogP contribution < -0.4 is 5.19 Å². The Hall–Kier alpha value is -0.343. The summed E-state index contributed by atoms with van der Waals surface area (Å²) in [6.45, 7) is 4.76. The number of hydrogen-bond acceptors (Lipinski definition) is 0. The largest absolute Gasteiger partial charge is 0.103 e. The highest BCUT2D eigenvalue weighted by Crippen LogP contribution is 2.06. The fourth-order valence-corrected chi connectivity index (χ4v) is 3.67. The van der Waals surface area contributed by atoms with Crippen LogP contribution in [0.4, 0.5) is 0 Å². The maximum atomic E-state index is 3.44. The molecule has 1 aromatic rings. The number of hydrogen-bond donors (Lipinski definition) is 0. The lowest BCUT2D eigenvalue weighted by Crippen LogP contribution is -2.39. The van der Waals surface area contributed by atoms with E-state index in [1.165, 1.54) is 5.19 Å². The van der Waals surface area contributed by atoms with E-state index >= 15 is 0 Å². The fraction of sp³-hybridized carbons (Fsp3) is 0.333. The van der Waals surface area contributed by atoms with Crippen LogP contribution in [0.5, 0.6) is 0 Å². The third-order valence-corrected chi connectivity index (χ3v) is 5.68. The number of alkyl halides is 1. The van der Waals surface area contributed by atoms with E-state index in [1.54, 1.807) is 0 Å². The van der Waals surface area contributed by atoms with Crippen molar-refractivity contribution in [2.45, 2.75) is 19.5 Å². The highest BCUT2D eigenvalue weighted by Gasteiger charge is 2.18. The average Bonchev–Trinajstić information content (AvgIpc) is 2.19. The molecule has 0 nitrogen and oxygen atoms in total. The quantitative estimate of drug-likeness (QED) is 0.580. The van der Waals surface area contributed by atoms with Crippen LogP contribution in [0.15, 0.2) is 42.1 Å². The normalized spacial score (nSPS) is 12.2. The summed E-state index contributed by atoms with van der Waals surface area (Å²) in [7, 11) is -1.32. The van der Waals surface area contributed by atoms with Crippen molar-refractivity contribution in [2.24, 2.45) is 0 Å². The lowest BCUT2D eigenvalue weighted by molar-refractivity contribution is 1.26. The molecule has 0 heterocycles. The second-order valence-corrected chi connectivity index (χ2v) is 9.11. The molecule has 0 bridgehead atoms. The Kier molecular flexibility index (Phi) is 4.62. The van der Waals surface area contributed by atoms with Gasteiger partial charge in [-0.15, -0.1) is 0 Å². The van der Waals surface area contributed by atoms with Gasteiger partial charge in [0.2, 0.25) is 0 Å². The van der Waals surface area contributed by atoms with Crippen LogP contribution in [0, 0.1) is 0 Å². The van der Waals surface area contributed by atoms with E-state index in [-0.39, 0.29) is 0 Å². The summed E-state index contributed by atoms with van der Waals surface area (Å²) >= 11 is 3.44. The van der Waals surface area contributed by atoms with Crippen LogP contribution >= 0.6 is 15.9 Å². The van der Waals surface area contributed by atoms with Gasteiger partial charge in [-0.05, 0) is 6.42 Å². The van der Waals surface area contributed by atoms with Gasteiger partial charge in [0.15, 0.2) is 0 Å². The Balaban J connectivity index is 2.75. The van der Waals surface area contributed by atoms with Crippen LogP contribution in [0.1, 0.15) is 6.42 Å². The molecule has 0 unspecified atom stereocenters. The Morgan fingerprint density at radius 1 is 1.21 bits per heavy atom. The maximum Gasteiger partial charge on any atom is 0.103 e. The Labute approximate surface area is 96.2 Å². The molecule has 0 aliphatic carbocycles. The first kappa shape index (κ1) is 11.7. The molecule has 0 aliphatic heterocycles. The van der Waals surface area contributed by atoms with Crippen molar-refractivity contribution in [1.82, 2.24) is 0 Å². The fourth-order valence-electron chi connectivity index (χ4n) is 1.40. The minimum absolute atomic E-state index is 1.06. The molecule has 0 aliphatic rings. The highest BCUT2D eigenvalue weighted by molar-refractivity contribution is 9.09. The lowest BCUT2D eigenvalue weighted by Gasteiger charge is -2.17. The summed E-state index contributed by atoms with van der Waals surface area (Å²) in [5.74, 6) is 0. The molecular formula is C12H17BrSi. The van der Waals surface area contributed by atoms with E-state index in [2.05, 4.69) is 71.1 Å². The van der Waals surface area contributed by atoms with E-state index in [9.17, 15) is 0 Å². The summed E-state index contributed by atoms with van der Waals surface area (Å²) in [5, 5.41) is 2.56. The summed E-state index contributed by atoms with van der Waals surface area (Å²) in [6, 6.07) is 10.8. The van der Waals surface area contributed by atoms with Gasteiger partial charge in [-0.2, -0.15) is 0 Å². The second-order valence-electron chi connectivity index (χ2n) is 3.97. The van der Waals surface area contributed by atoms with Crippen LogP contribution in [0.25, 0.3) is 0 Å². The van der Waals surface area contributed by atoms with Gasteiger partial charge < -0.3 is 0 Å². The molecule has 1 rings (SSSR count). The van der Waals surface area contributed by atoms with Gasteiger partial charge in [0.25, 0.3) is 0 Å². The Bertz CT molecular complexity index is 290. The van der Waals surface area contributed by atoms with E-state index in [0.29, 0.717) is 0 Å². The molecule has 0 radical (unpaired) electrons. The van der Waals surface area contributed by atoms with Gasteiger partial charge in [0.05, 0.1) is 0 Å². The van der Waals surface area contributed by atoms with Crippen LogP contribution in [-0.2, 0) is 0 Å². The van der Waals surface area contributed by atoms with E-state index in [4.69, 9.17) is 0 Å². The Morgan fingerprint density at radius 2 is 1.86 bits per heavy atom. The summed E-state index contributed by atoms with van der Waals surface area (Å²) < 4.78 is 0. The molecule has 0 saturated heterocycles. The molecule has 14 heavy (non-hydrogen) atoms. The molecule has 0 saturated carbocycles. The SMILES string of the molecule is C[Si](C)(/C=C/CCBr)c1ccccc1. The van der Waals surface area contributed by atoms with Gasteiger partial charge in [0.1, 0.15) is 8.07 Å². The zero-order chi connectivity index (χ0) is 10.4. The molecule has 0 N–H and O–H groups in total. The number of halogens is 1. The first-order valence-corrected chi connectivity index (χ1v) is 9.16. The van der Waals surface area contributed by atoms with Crippen LogP contribution in [0.2, 0.25) is 13.1 Å². The van der Waals surface area contributed by atoms with E-state index in [0.717, 1.165) is 11.8 Å². The van der Waals surface area contributed by atoms with Gasteiger partial charge in [0, 0.05) is 5.33 Å². The lowest BCUT2D eigenvalue weighted by atomic mass is 10.4. The molecule has 0 spiro atoms. The van der Waals surface area contributed by atoms with Crippen molar-refractivity contribution in [1.29, 1.82) is 0 Å². The summed E-state index contributed by atoms with van der Waals surface area (Å²) in [5.41, 5.74) is 2.42. The third kappa shape index (κ3) is 3.43. The molecular weight excluding hydrogens is 252 g/mol. The van der Waals surface area contributed by atoms with Crippen molar-refractivity contribution in [2.75, 3.05) is 5.33 Å². The topological polar surface area (TPSA) is 0 Å². The predicted molar refractivity (Wildman–Crippen MR) is 71.1 cm³/mol. The number of rotatable bonds is 4. The first-order valence-electron chi connectivity index (χ1n) is 4.96. The summed E-state index contributed by atoms with van der Waals surface area (Å²) in [6.07, 6.45) is 3.43. The molecule has 0 fully saturated rings. The van der Waals surface area contributed by atoms with Gasteiger partial charge >= 0.3 is 0 Å². The molecule has 0 aromatic heterocycles. The number of allylic oxidation sites excluding steroid dienone is 1. The Morgan fingerprint density at radius 3 is 2.43 bits per heavy atom. The van der Waals surface area contributed by atoms with Crippen molar-refractivity contribution in [3.8, 4) is 0 Å². The summed E-state index contributed by atoms with van der Waals surface area (Å²) in [4.78, 5) is 0. The van der Waals surface area contributed by atoms with Crippen molar-refractivity contribution < 1.29 is 0 Å². The average molecular weight is 269 g/mol. The third-order valence-electron chi connectivity index (χ3n) is 2.33. The first-order chi connectivity index (χ1) is 6.67. The zero-order valence-electron chi connectivity index (χ0n) is 8.83. The van der Waals surface area contributed by atoms with Crippen molar-refractivity contribution >= 4 is 29.2 Å². The minimum Gasteiger partial charge on any atom is -0.0943 e. The smallest absolute Gasteiger partial charge is 0.0943 e. The van der Waals surface area contributed by atoms with E-state index < -0.39 is 8.07 Å². The second kappa shape index (κ2) is 5.52. The molecule has 0 atom stereocenters. The van der Waals surface area contributed by atoms with E-state index in [1.807, 2.05) is 0 Å². The van der Waals surface area contributed by atoms with Crippen LogP contribution in [0.3, 0.4) is 0 Å². The van der Waals surface area contributed by atoms with Crippen LogP contribution in [-0.4, -0.2) is 13.4 Å². The zero-order valence-corrected chi connectivity index (χ0v) is 11.4. The molecule has 76 valence electrons. The highest BCUT2D eigenvalue weighted by atomic mass is 79.9. The minimum atomic E-state index is -1.32. The van der Waals surface area contributed by atoms with Crippen molar-refractivity contribution in [3.63, 3.8) is 0 Å². The predicted octanol–water partition coefficient (Wildman–Crippen LogP) is 3.48. The molecule has 2 heteroatoms. The van der Waals surface area contributed by atoms with Gasteiger partial charge in [-0.25, -0.2) is 0 Å². The van der Waals surface area contributed by atoms with Crippen molar-refractivity contribution in [3.05, 3.63) is 42.1 Å². The monoisotopic (exact) mass is 268 g/mol. The maximum absolute atomic E-state index is 3.44. The molecule has 0 amide bonds. The number of benzene rings is 1. The van der Waals surface area contributed by atoms with Gasteiger partial charge in [-0.1, -0.05) is 76.3 Å².